The molecule has 0 spiro atoms. The first-order chi connectivity index (χ1) is 8.52. The van der Waals surface area contributed by atoms with Crippen molar-refractivity contribution in [3.63, 3.8) is 0 Å². The van der Waals surface area contributed by atoms with Crippen LogP contribution in [-0.4, -0.2) is 29.8 Å². The van der Waals surface area contributed by atoms with Crippen molar-refractivity contribution in [1.82, 2.24) is 0 Å². The first-order valence-electron chi connectivity index (χ1n) is 6.62. The third-order valence-electron chi connectivity index (χ3n) is 2.71. The van der Waals surface area contributed by atoms with Gasteiger partial charge in [-0.05, 0) is 6.42 Å². The van der Waals surface area contributed by atoms with Gasteiger partial charge in [-0.15, -0.1) is 0 Å². The maximum absolute atomic E-state index is 11.7. The van der Waals surface area contributed by atoms with Gasteiger partial charge in [-0.25, -0.2) is 4.79 Å². The van der Waals surface area contributed by atoms with Crippen LogP contribution in [0.3, 0.4) is 0 Å². The third-order valence-corrected chi connectivity index (χ3v) is 4.61. The van der Waals surface area contributed by atoms with E-state index in [9.17, 15) is 14.3 Å². The van der Waals surface area contributed by atoms with Gasteiger partial charge in [-0.1, -0.05) is 45.6 Å². The Bertz CT molecular complexity index is 289. The van der Waals surface area contributed by atoms with Crippen LogP contribution in [0.4, 0.5) is 0 Å². The van der Waals surface area contributed by atoms with Crippen LogP contribution in [0.25, 0.3) is 0 Å². The molecule has 0 aliphatic carbocycles. The normalized spacial score (nSPS) is 13.9. The lowest BCUT2D eigenvalue weighted by Crippen LogP contribution is -2.07. The molecule has 0 aliphatic rings. The van der Waals surface area contributed by atoms with Crippen LogP contribution in [0, 0.1) is 0 Å². The second kappa shape index (κ2) is 10.3. The molecule has 1 N–H and O–H groups in total. The summed E-state index contributed by atoms with van der Waals surface area (Å²) in [5.41, 5.74) is 0. The summed E-state index contributed by atoms with van der Waals surface area (Å²) in [5.74, 6) is -0.547. The fourth-order valence-electron chi connectivity index (χ4n) is 1.60. The van der Waals surface area contributed by atoms with Gasteiger partial charge < -0.3 is 9.63 Å². The summed E-state index contributed by atoms with van der Waals surface area (Å²) in [4.78, 5) is 20.4. The summed E-state index contributed by atoms with van der Waals surface area (Å²) in [6.45, 7) is 5.41. The molecule has 0 aliphatic heterocycles. The molecular formula is C13H25O4P. The lowest BCUT2D eigenvalue weighted by Gasteiger charge is -2.11. The van der Waals surface area contributed by atoms with E-state index in [1.54, 1.807) is 0 Å². The molecular weight excluding hydrogens is 251 g/mol. The second-order valence-corrected chi connectivity index (χ2v) is 7.02. The van der Waals surface area contributed by atoms with E-state index in [4.69, 9.17) is 4.74 Å². The standard InChI is InChI=1S/C13H25O4P/c1-3-5-6-7-8-9-11-18(15,16)12-10-17-13(14)4-2/h4H,2-3,5-12H2,1H3,(H,15,16). The molecule has 0 amide bonds. The Morgan fingerprint density at radius 3 is 2.44 bits per heavy atom. The molecule has 0 aromatic heterocycles. The SMILES string of the molecule is C=CC(=O)OCCP(=O)(O)CCCCCCCC. The predicted octanol–water partition coefficient (Wildman–Crippen LogP) is 3.35. The minimum absolute atomic E-state index is 0.00549. The van der Waals surface area contributed by atoms with Gasteiger partial charge in [0.1, 0.15) is 6.61 Å². The number of hydrogen-bond donors (Lipinski definition) is 1. The number of carbonyl (C=O) groups excluding carboxylic acids is 1. The average molecular weight is 276 g/mol. The molecule has 0 fully saturated rings. The molecule has 0 saturated carbocycles. The Balaban J connectivity index is 3.57. The van der Waals surface area contributed by atoms with Crippen molar-refractivity contribution in [1.29, 1.82) is 0 Å². The van der Waals surface area contributed by atoms with E-state index in [1.807, 2.05) is 0 Å². The molecule has 0 saturated heterocycles. The highest BCUT2D eigenvalue weighted by molar-refractivity contribution is 7.58. The highest BCUT2D eigenvalue weighted by Gasteiger charge is 2.17. The monoisotopic (exact) mass is 276 g/mol. The molecule has 4 nitrogen and oxygen atoms in total. The molecule has 106 valence electrons. The van der Waals surface area contributed by atoms with Crippen LogP contribution in [-0.2, 0) is 14.1 Å². The van der Waals surface area contributed by atoms with Crippen LogP contribution in [0.2, 0.25) is 0 Å². The van der Waals surface area contributed by atoms with Crippen molar-refractivity contribution in [2.24, 2.45) is 0 Å². The fourth-order valence-corrected chi connectivity index (χ4v) is 2.92. The van der Waals surface area contributed by atoms with Crippen LogP contribution >= 0.6 is 7.37 Å². The lowest BCUT2D eigenvalue weighted by molar-refractivity contribution is -0.137. The van der Waals surface area contributed by atoms with Crippen molar-refractivity contribution >= 4 is 13.3 Å². The number of unbranched alkanes of at least 4 members (excludes halogenated alkanes) is 5. The Labute approximate surface area is 110 Å². The Kier molecular flexibility index (Phi) is 9.99. The van der Waals surface area contributed by atoms with E-state index in [-0.39, 0.29) is 12.8 Å². The molecule has 0 aromatic carbocycles. The van der Waals surface area contributed by atoms with Gasteiger partial charge in [0.25, 0.3) is 0 Å². The van der Waals surface area contributed by atoms with Crippen LogP contribution in [0.5, 0.6) is 0 Å². The average Bonchev–Trinajstić information content (AvgIpc) is 2.33. The minimum Gasteiger partial charge on any atom is -0.462 e. The topological polar surface area (TPSA) is 63.6 Å². The summed E-state index contributed by atoms with van der Waals surface area (Å²) in [6.07, 6.45) is 7.94. The number of rotatable bonds is 11. The summed E-state index contributed by atoms with van der Waals surface area (Å²) >= 11 is 0. The molecule has 0 rings (SSSR count). The van der Waals surface area contributed by atoms with Gasteiger partial charge in [0.2, 0.25) is 7.37 Å². The molecule has 1 unspecified atom stereocenters. The van der Waals surface area contributed by atoms with E-state index in [2.05, 4.69) is 13.5 Å². The van der Waals surface area contributed by atoms with Crippen molar-refractivity contribution in [3.8, 4) is 0 Å². The van der Waals surface area contributed by atoms with Gasteiger partial charge in [-0.2, -0.15) is 0 Å². The van der Waals surface area contributed by atoms with E-state index < -0.39 is 13.3 Å². The Hall–Kier alpha value is -0.600. The summed E-state index contributed by atoms with van der Waals surface area (Å²) in [5, 5.41) is 0. The molecule has 0 heterocycles. The summed E-state index contributed by atoms with van der Waals surface area (Å²) in [6, 6.07) is 0. The molecule has 0 radical (unpaired) electrons. The van der Waals surface area contributed by atoms with E-state index in [1.165, 1.54) is 19.3 Å². The van der Waals surface area contributed by atoms with E-state index in [0.29, 0.717) is 6.16 Å². The van der Waals surface area contributed by atoms with Crippen molar-refractivity contribution in [3.05, 3.63) is 12.7 Å². The van der Waals surface area contributed by atoms with E-state index >= 15 is 0 Å². The molecule has 0 bridgehead atoms. The lowest BCUT2D eigenvalue weighted by atomic mass is 10.1. The zero-order chi connectivity index (χ0) is 13.9. The molecule has 18 heavy (non-hydrogen) atoms. The van der Waals surface area contributed by atoms with Crippen molar-refractivity contribution in [2.75, 3.05) is 18.9 Å². The number of carbonyl (C=O) groups is 1. The van der Waals surface area contributed by atoms with Gasteiger partial charge in [-0.3, -0.25) is 4.57 Å². The highest BCUT2D eigenvalue weighted by atomic mass is 31.2. The Morgan fingerprint density at radius 1 is 1.22 bits per heavy atom. The zero-order valence-corrected chi connectivity index (χ0v) is 12.2. The fraction of sp³-hybridized carbons (Fsp3) is 0.769. The second-order valence-electron chi connectivity index (χ2n) is 4.43. The zero-order valence-electron chi connectivity index (χ0n) is 11.3. The highest BCUT2D eigenvalue weighted by Crippen LogP contribution is 2.41. The van der Waals surface area contributed by atoms with Gasteiger partial charge >= 0.3 is 5.97 Å². The van der Waals surface area contributed by atoms with Crippen molar-refractivity contribution < 1.29 is 19.0 Å². The molecule has 0 aromatic rings. The number of hydrogen-bond acceptors (Lipinski definition) is 3. The quantitative estimate of drug-likeness (QED) is 0.272. The summed E-state index contributed by atoms with van der Waals surface area (Å²) < 4.78 is 16.4. The Morgan fingerprint density at radius 2 is 1.83 bits per heavy atom. The minimum atomic E-state index is -3.13. The van der Waals surface area contributed by atoms with Crippen LogP contribution in [0.1, 0.15) is 45.4 Å². The third kappa shape index (κ3) is 10.5. The largest absolute Gasteiger partial charge is 0.462 e. The molecule has 5 heteroatoms. The summed E-state index contributed by atoms with van der Waals surface area (Å²) in [7, 11) is -3.13. The maximum atomic E-state index is 11.7. The number of ether oxygens (including phenoxy) is 1. The number of esters is 1. The van der Waals surface area contributed by atoms with Gasteiger partial charge in [0.05, 0.1) is 6.16 Å². The first-order valence-corrected chi connectivity index (χ1v) is 8.65. The van der Waals surface area contributed by atoms with Crippen molar-refractivity contribution in [2.45, 2.75) is 45.4 Å². The maximum Gasteiger partial charge on any atom is 0.330 e. The predicted molar refractivity (Wildman–Crippen MR) is 74.1 cm³/mol. The van der Waals surface area contributed by atoms with Crippen LogP contribution in [0.15, 0.2) is 12.7 Å². The first kappa shape index (κ1) is 17.4. The van der Waals surface area contributed by atoms with Gasteiger partial charge in [0, 0.05) is 12.2 Å². The smallest absolute Gasteiger partial charge is 0.330 e. The van der Waals surface area contributed by atoms with E-state index in [0.717, 1.165) is 25.3 Å². The molecule has 1 atom stereocenters. The van der Waals surface area contributed by atoms with Gasteiger partial charge in [0.15, 0.2) is 0 Å². The van der Waals surface area contributed by atoms with Crippen LogP contribution < -0.4 is 0 Å².